The van der Waals surface area contributed by atoms with Gasteiger partial charge in [-0.05, 0) is 39.9 Å². The van der Waals surface area contributed by atoms with Gasteiger partial charge in [0.2, 0.25) is 0 Å². The van der Waals surface area contributed by atoms with E-state index in [9.17, 15) is 22.4 Å². The third kappa shape index (κ3) is 3.83. The average Bonchev–Trinajstić information content (AvgIpc) is 2.65. The van der Waals surface area contributed by atoms with Gasteiger partial charge in [0.05, 0.1) is 5.41 Å². The Kier molecular flexibility index (Phi) is 6.65. The predicted molar refractivity (Wildman–Crippen MR) is 101 cm³/mol. The maximum absolute atomic E-state index is 14.9. The number of nitrogens with zero attached hydrogens (tertiary/aromatic N) is 1. The quantitative estimate of drug-likeness (QED) is 0.477. The van der Waals surface area contributed by atoms with Crippen LogP contribution in [0.3, 0.4) is 0 Å². The molecule has 1 unspecified atom stereocenters. The molecule has 2 nitrogen and oxygen atoms in total. The molecule has 0 fully saturated rings. The summed E-state index contributed by atoms with van der Waals surface area (Å²) < 4.78 is 58.0. The minimum Gasteiger partial charge on any atom is -0.307 e. The average molecular weight is 395 g/mol. The van der Waals surface area contributed by atoms with Crippen LogP contribution in [0, 0.1) is 30.2 Å². The summed E-state index contributed by atoms with van der Waals surface area (Å²) in [6.45, 7) is 5.19. The zero-order valence-electron chi connectivity index (χ0n) is 16.7. The molecule has 0 aliphatic carbocycles. The van der Waals surface area contributed by atoms with E-state index in [4.69, 9.17) is 0 Å². The summed E-state index contributed by atoms with van der Waals surface area (Å²) in [6, 6.07) is 6.46. The van der Waals surface area contributed by atoms with E-state index in [2.05, 4.69) is 0 Å². The lowest BCUT2D eigenvalue weighted by Gasteiger charge is -2.38. The van der Waals surface area contributed by atoms with E-state index in [0.717, 1.165) is 5.56 Å². The molecule has 152 valence electrons. The van der Waals surface area contributed by atoms with Crippen LogP contribution in [0.2, 0.25) is 0 Å². The van der Waals surface area contributed by atoms with Gasteiger partial charge in [0.1, 0.15) is 5.78 Å². The molecule has 0 spiro atoms. The molecule has 2 aromatic carbocycles. The van der Waals surface area contributed by atoms with Gasteiger partial charge in [0.25, 0.3) is 0 Å². The minimum atomic E-state index is -1.86. The molecule has 0 aliphatic rings. The summed E-state index contributed by atoms with van der Waals surface area (Å²) in [6.07, 6.45) is -0.0858. The Bertz CT molecular complexity index is 838. The van der Waals surface area contributed by atoms with E-state index in [1.54, 1.807) is 57.1 Å². The summed E-state index contributed by atoms with van der Waals surface area (Å²) in [4.78, 5) is 15.0. The third-order valence-electron chi connectivity index (χ3n) is 5.36. The molecule has 0 aromatic heterocycles. The molecule has 0 radical (unpaired) electrons. The fourth-order valence-corrected chi connectivity index (χ4v) is 3.49. The molecule has 0 saturated heterocycles. The van der Waals surface area contributed by atoms with Gasteiger partial charge in [-0.25, -0.2) is 17.6 Å². The largest absolute Gasteiger partial charge is 0.307 e. The SMILES string of the molecule is CCC(=O)C(C[C@@H](C)N(C)C)(c1ccc(C)cc1)c1c(F)c(F)cc(F)c1F. The number of carbonyl (C=O) groups excluding carboxylic acids is 1. The molecule has 0 aliphatic heterocycles. The van der Waals surface area contributed by atoms with Gasteiger partial charge in [-0.3, -0.25) is 4.79 Å². The van der Waals surface area contributed by atoms with Crippen molar-refractivity contribution >= 4 is 5.78 Å². The van der Waals surface area contributed by atoms with Gasteiger partial charge in [0.15, 0.2) is 23.3 Å². The number of aryl methyl sites for hydroxylation is 1. The normalized spacial score (nSPS) is 14.8. The highest BCUT2D eigenvalue weighted by Gasteiger charge is 2.47. The van der Waals surface area contributed by atoms with Gasteiger partial charge in [-0.2, -0.15) is 0 Å². The standard InChI is InChI=1S/C22H25F4NO/c1-6-18(28)22(12-14(3)27(4)5,15-9-7-13(2)8-10-15)19-20(25)16(23)11-17(24)21(19)26/h7-11,14H,6,12H2,1-5H3/t14-,22?/m1/s1. The molecule has 0 bridgehead atoms. The van der Waals surface area contributed by atoms with E-state index < -0.39 is 40.0 Å². The molecule has 2 atom stereocenters. The fourth-order valence-electron chi connectivity index (χ4n) is 3.49. The van der Waals surface area contributed by atoms with Gasteiger partial charge in [0, 0.05) is 24.1 Å². The Labute approximate surface area is 163 Å². The first kappa shape index (κ1) is 22.1. The molecule has 0 N–H and O–H groups in total. The number of benzene rings is 2. The van der Waals surface area contributed by atoms with Crippen molar-refractivity contribution in [2.24, 2.45) is 0 Å². The number of hydrogen-bond acceptors (Lipinski definition) is 2. The van der Waals surface area contributed by atoms with Crippen LogP contribution in [0.5, 0.6) is 0 Å². The zero-order chi connectivity index (χ0) is 21.2. The number of carbonyl (C=O) groups is 1. The second-order valence-electron chi connectivity index (χ2n) is 7.41. The van der Waals surface area contributed by atoms with Gasteiger partial charge >= 0.3 is 0 Å². The van der Waals surface area contributed by atoms with Crippen molar-refractivity contribution < 1.29 is 22.4 Å². The van der Waals surface area contributed by atoms with Crippen LogP contribution in [0.25, 0.3) is 0 Å². The smallest absolute Gasteiger partial charge is 0.166 e. The highest BCUT2D eigenvalue weighted by Crippen LogP contribution is 2.43. The number of halogens is 4. The van der Waals surface area contributed by atoms with Crippen molar-refractivity contribution in [3.05, 3.63) is 70.3 Å². The lowest BCUT2D eigenvalue weighted by molar-refractivity contribution is -0.123. The van der Waals surface area contributed by atoms with Crippen LogP contribution >= 0.6 is 0 Å². The number of rotatable bonds is 7. The Hall–Kier alpha value is -2.21. The van der Waals surface area contributed by atoms with Crippen LogP contribution in [0.15, 0.2) is 30.3 Å². The molecular weight excluding hydrogens is 370 g/mol. The van der Waals surface area contributed by atoms with Crippen LogP contribution in [0.4, 0.5) is 17.6 Å². The number of Topliss-reactive ketones (excluding diaryl/α,β-unsaturated/α-hetero) is 1. The maximum atomic E-state index is 14.9. The minimum absolute atomic E-state index is 0.0353. The topological polar surface area (TPSA) is 20.3 Å². The second kappa shape index (κ2) is 8.43. The van der Waals surface area contributed by atoms with Crippen LogP contribution in [0.1, 0.15) is 43.4 Å². The molecule has 0 amide bonds. The van der Waals surface area contributed by atoms with Crippen LogP contribution in [-0.4, -0.2) is 30.8 Å². The highest BCUT2D eigenvalue weighted by molar-refractivity contribution is 5.94. The summed E-state index contributed by atoms with van der Waals surface area (Å²) in [5.74, 6) is -6.62. The van der Waals surface area contributed by atoms with Crippen molar-refractivity contribution in [1.82, 2.24) is 4.90 Å². The van der Waals surface area contributed by atoms with E-state index in [1.165, 1.54) is 0 Å². The van der Waals surface area contributed by atoms with Crippen molar-refractivity contribution in [3.63, 3.8) is 0 Å². The number of hydrogen-bond donors (Lipinski definition) is 0. The van der Waals surface area contributed by atoms with Crippen molar-refractivity contribution in [1.29, 1.82) is 0 Å². The van der Waals surface area contributed by atoms with E-state index in [1.807, 2.05) is 6.92 Å². The Morgan fingerprint density at radius 1 is 1.04 bits per heavy atom. The fraction of sp³-hybridized carbons (Fsp3) is 0.409. The monoisotopic (exact) mass is 395 g/mol. The molecule has 2 aromatic rings. The highest BCUT2D eigenvalue weighted by atomic mass is 19.2. The lowest BCUT2D eigenvalue weighted by Crippen LogP contribution is -2.44. The first-order chi connectivity index (χ1) is 13.1. The van der Waals surface area contributed by atoms with Crippen molar-refractivity contribution in [2.75, 3.05) is 14.1 Å². The third-order valence-corrected chi connectivity index (χ3v) is 5.36. The van der Waals surface area contributed by atoms with Crippen LogP contribution in [-0.2, 0) is 10.2 Å². The molecule has 2 rings (SSSR count). The van der Waals surface area contributed by atoms with Gasteiger partial charge < -0.3 is 4.90 Å². The van der Waals surface area contributed by atoms with Gasteiger partial charge in [-0.15, -0.1) is 0 Å². The summed E-state index contributed by atoms with van der Waals surface area (Å²) >= 11 is 0. The van der Waals surface area contributed by atoms with E-state index >= 15 is 0 Å². The van der Waals surface area contributed by atoms with E-state index in [0.29, 0.717) is 5.56 Å². The Morgan fingerprint density at radius 3 is 1.96 bits per heavy atom. The van der Waals surface area contributed by atoms with Crippen molar-refractivity contribution in [3.8, 4) is 0 Å². The van der Waals surface area contributed by atoms with Crippen molar-refractivity contribution in [2.45, 2.75) is 45.1 Å². The second-order valence-corrected chi connectivity index (χ2v) is 7.41. The molecule has 28 heavy (non-hydrogen) atoms. The van der Waals surface area contributed by atoms with Crippen LogP contribution < -0.4 is 0 Å². The lowest BCUT2D eigenvalue weighted by atomic mass is 9.66. The van der Waals surface area contributed by atoms with Gasteiger partial charge in [-0.1, -0.05) is 36.8 Å². The maximum Gasteiger partial charge on any atom is 0.166 e. The zero-order valence-corrected chi connectivity index (χ0v) is 16.7. The molecule has 0 saturated carbocycles. The predicted octanol–water partition coefficient (Wildman–Crippen LogP) is 5.16. The first-order valence-electron chi connectivity index (χ1n) is 9.16. The summed E-state index contributed by atoms with van der Waals surface area (Å²) in [5, 5.41) is 0. The summed E-state index contributed by atoms with van der Waals surface area (Å²) in [5.41, 5.74) is -1.53. The summed E-state index contributed by atoms with van der Waals surface area (Å²) in [7, 11) is 3.53. The number of ketones is 1. The molecular formula is C22H25F4NO. The Balaban J connectivity index is 2.96. The first-order valence-corrected chi connectivity index (χ1v) is 9.16. The molecule has 0 heterocycles. The van der Waals surface area contributed by atoms with E-state index in [-0.39, 0.29) is 24.9 Å². The molecule has 6 heteroatoms. The Morgan fingerprint density at radius 2 is 1.54 bits per heavy atom.